The van der Waals surface area contributed by atoms with Gasteiger partial charge in [-0.3, -0.25) is 19.6 Å². The highest BCUT2D eigenvalue weighted by molar-refractivity contribution is 5.84. The van der Waals surface area contributed by atoms with Crippen molar-refractivity contribution in [1.82, 2.24) is 24.5 Å². The summed E-state index contributed by atoms with van der Waals surface area (Å²) in [5, 5.41) is 11.3. The lowest BCUT2D eigenvalue weighted by atomic mass is 10.1. The minimum absolute atomic E-state index is 0.0915. The number of amides is 2. The van der Waals surface area contributed by atoms with Gasteiger partial charge < -0.3 is 9.64 Å². The van der Waals surface area contributed by atoms with Crippen molar-refractivity contribution < 1.29 is 14.3 Å². The van der Waals surface area contributed by atoms with Crippen molar-refractivity contribution in [1.29, 1.82) is 0 Å². The third kappa shape index (κ3) is 5.33. The summed E-state index contributed by atoms with van der Waals surface area (Å²) in [6.07, 6.45) is 6.14. The quantitative estimate of drug-likeness (QED) is 0.575. The Kier molecular flexibility index (Phi) is 6.76. The Morgan fingerprint density at radius 2 is 2.12 bits per heavy atom. The van der Waals surface area contributed by atoms with Crippen LogP contribution >= 0.6 is 0 Å². The van der Waals surface area contributed by atoms with Crippen molar-refractivity contribution in [3.05, 3.63) is 70.4 Å². The van der Waals surface area contributed by atoms with Gasteiger partial charge in [0.05, 0.1) is 18.4 Å². The summed E-state index contributed by atoms with van der Waals surface area (Å²) < 4.78 is 8.61. The first-order valence-electron chi connectivity index (χ1n) is 11.2. The van der Waals surface area contributed by atoms with Crippen LogP contribution < -0.4 is 10.7 Å². The second-order valence-electron chi connectivity index (χ2n) is 8.58. The molecule has 1 saturated heterocycles. The first-order chi connectivity index (χ1) is 16.3. The maximum atomic E-state index is 12.4. The monoisotopic (exact) mass is 464 g/mol. The van der Waals surface area contributed by atoms with Crippen molar-refractivity contribution in [2.45, 2.75) is 45.2 Å². The molecule has 34 heavy (non-hydrogen) atoms. The predicted octanol–water partition coefficient (Wildman–Crippen LogP) is 2.50. The van der Waals surface area contributed by atoms with E-state index in [4.69, 9.17) is 4.74 Å². The number of ether oxygens (including phenoxy) is 1. The molecule has 4 rings (SSSR count). The van der Waals surface area contributed by atoms with Crippen LogP contribution in [0.4, 0.5) is 10.5 Å². The fourth-order valence-electron chi connectivity index (χ4n) is 4.15. The molecule has 0 saturated carbocycles. The summed E-state index contributed by atoms with van der Waals surface area (Å²) in [7, 11) is 1.81. The summed E-state index contributed by atoms with van der Waals surface area (Å²) in [5.74, 6) is 0.0915. The van der Waals surface area contributed by atoms with Crippen LogP contribution in [0.3, 0.4) is 0 Å². The Bertz CT molecular complexity index is 1250. The molecule has 0 radical (unpaired) electrons. The summed E-state index contributed by atoms with van der Waals surface area (Å²) in [6, 6.07) is 8.61. The molecule has 1 aromatic carbocycles. The number of rotatable bonds is 7. The molecular formula is C24H28N6O4. The molecule has 0 bridgehead atoms. The molecule has 2 aromatic heterocycles. The molecule has 3 heterocycles. The van der Waals surface area contributed by atoms with E-state index < -0.39 is 6.09 Å². The minimum atomic E-state index is -0.597. The normalized spacial score (nSPS) is 16.5. The second kappa shape index (κ2) is 9.90. The molecule has 1 N–H and O–H groups in total. The van der Waals surface area contributed by atoms with Crippen LogP contribution in [0.15, 0.2) is 53.7 Å². The van der Waals surface area contributed by atoms with Crippen molar-refractivity contribution >= 4 is 17.7 Å². The average Bonchev–Trinajstić information content (AvgIpc) is 3.38. The number of anilines is 1. The molecule has 2 atom stereocenters. The van der Waals surface area contributed by atoms with Gasteiger partial charge in [-0.05, 0) is 38.0 Å². The van der Waals surface area contributed by atoms with Gasteiger partial charge in [0.25, 0.3) is 0 Å². The number of nitrogens with zero attached hydrogens (tertiary/aromatic N) is 5. The molecule has 0 spiro atoms. The number of hydrogen-bond donors (Lipinski definition) is 1. The van der Waals surface area contributed by atoms with E-state index in [0.29, 0.717) is 24.2 Å². The van der Waals surface area contributed by atoms with E-state index in [-0.39, 0.29) is 30.0 Å². The molecule has 1 fully saturated rings. The Balaban J connectivity index is 1.38. The number of carbonyl (C=O) groups excluding carboxylic acids is 2. The third-order valence-corrected chi connectivity index (χ3v) is 5.85. The number of benzene rings is 1. The molecule has 1 unspecified atom stereocenters. The Hall–Kier alpha value is -3.95. The van der Waals surface area contributed by atoms with E-state index in [1.54, 1.807) is 51.1 Å². The van der Waals surface area contributed by atoms with Gasteiger partial charge in [0.15, 0.2) is 0 Å². The topological polar surface area (TPSA) is 111 Å². The number of hydrogen-bond acceptors (Lipinski definition) is 6. The van der Waals surface area contributed by atoms with Crippen molar-refractivity contribution in [2.75, 3.05) is 11.9 Å². The number of aryl methyl sites for hydroxylation is 1. The molecule has 0 aliphatic carbocycles. The van der Waals surface area contributed by atoms with E-state index >= 15 is 0 Å². The van der Waals surface area contributed by atoms with Gasteiger partial charge in [-0.15, -0.1) is 0 Å². The van der Waals surface area contributed by atoms with Gasteiger partial charge in [0.2, 0.25) is 11.3 Å². The Morgan fingerprint density at radius 3 is 2.82 bits per heavy atom. The molecule has 178 valence electrons. The molecule has 3 aromatic rings. The van der Waals surface area contributed by atoms with Crippen LogP contribution in [-0.2, 0) is 23.0 Å². The van der Waals surface area contributed by atoms with Crippen molar-refractivity contribution in [2.24, 2.45) is 7.05 Å². The van der Waals surface area contributed by atoms with Crippen LogP contribution in [0.25, 0.3) is 5.69 Å². The molecular weight excluding hydrogens is 436 g/mol. The fourth-order valence-corrected chi connectivity index (χ4v) is 4.15. The summed E-state index contributed by atoms with van der Waals surface area (Å²) in [5.41, 5.74) is 2.32. The lowest BCUT2D eigenvalue weighted by Gasteiger charge is -2.28. The fraction of sp³-hybridized carbons (Fsp3) is 0.375. The molecule has 1 aliphatic rings. The number of nitrogens with one attached hydrogen (secondary N) is 1. The van der Waals surface area contributed by atoms with Crippen molar-refractivity contribution in [3.8, 4) is 5.69 Å². The molecule has 1 aliphatic heterocycles. The summed E-state index contributed by atoms with van der Waals surface area (Å²) in [4.78, 5) is 38.5. The molecule has 2 amide bonds. The molecule has 10 nitrogen and oxygen atoms in total. The van der Waals surface area contributed by atoms with Gasteiger partial charge in [-0.2, -0.15) is 10.2 Å². The van der Waals surface area contributed by atoms with Gasteiger partial charge in [-0.25, -0.2) is 9.48 Å². The highest BCUT2D eigenvalue weighted by Gasteiger charge is 2.31. The first kappa shape index (κ1) is 23.2. The van der Waals surface area contributed by atoms with E-state index in [2.05, 4.69) is 15.5 Å². The Morgan fingerprint density at radius 1 is 1.29 bits per heavy atom. The molecule has 10 heteroatoms. The average molecular weight is 465 g/mol. The third-order valence-electron chi connectivity index (χ3n) is 5.85. The zero-order chi connectivity index (χ0) is 24.2. The van der Waals surface area contributed by atoms with Crippen LogP contribution in [-0.4, -0.2) is 55.2 Å². The van der Waals surface area contributed by atoms with Gasteiger partial charge in [-0.1, -0.05) is 12.1 Å². The first-order valence-corrected chi connectivity index (χ1v) is 11.2. The van der Waals surface area contributed by atoms with Crippen LogP contribution in [0, 0.1) is 0 Å². The van der Waals surface area contributed by atoms with Crippen LogP contribution in [0.1, 0.15) is 37.9 Å². The van der Waals surface area contributed by atoms with Gasteiger partial charge >= 0.3 is 6.09 Å². The summed E-state index contributed by atoms with van der Waals surface area (Å²) >= 11 is 0. The van der Waals surface area contributed by atoms with Gasteiger partial charge in [0.1, 0.15) is 18.0 Å². The zero-order valence-electron chi connectivity index (χ0n) is 19.5. The summed E-state index contributed by atoms with van der Waals surface area (Å²) in [6.45, 7) is 3.99. The van der Waals surface area contributed by atoms with Crippen LogP contribution in [0.5, 0.6) is 0 Å². The maximum Gasteiger partial charge on any atom is 0.411 e. The van der Waals surface area contributed by atoms with E-state index in [0.717, 1.165) is 17.7 Å². The number of likely N-dealkylation sites (tertiary alicyclic amines) is 1. The number of aromatic nitrogens is 4. The highest BCUT2D eigenvalue weighted by Crippen LogP contribution is 2.21. The van der Waals surface area contributed by atoms with E-state index in [9.17, 15) is 14.4 Å². The SMILES string of the molecule is CC1CCC(=O)N1[C@@H](C)COC(=O)Nc1cccc(Cc2nn(-c3cnn(C)c3)ccc2=O)c1. The van der Waals surface area contributed by atoms with E-state index in [1.807, 2.05) is 27.0 Å². The van der Waals surface area contributed by atoms with E-state index in [1.165, 1.54) is 6.07 Å². The largest absolute Gasteiger partial charge is 0.447 e. The Labute approximate surface area is 197 Å². The zero-order valence-corrected chi connectivity index (χ0v) is 19.5. The predicted molar refractivity (Wildman–Crippen MR) is 126 cm³/mol. The maximum absolute atomic E-state index is 12.4. The smallest absolute Gasteiger partial charge is 0.411 e. The standard InChI is InChI=1S/C24H28N6O4/c1-16-7-8-23(32)30(16)17(2)15-34-24(33)26-19-6-4-5-18(11-19)12-21-22(31)9-10-29(27-21)20-13-25-28(3)14-20/h4-6,9-11,13-14,16-17H,7-8,12,15H2,1-3H3,(H,26,33)/t16?,17-/m0/s1. The minimum Gasteiger partial charge on any atom is -0.447 e. The van der Waals surface area contributed by atoms with Crippen molar-refractivity contribution in [3.63, 3.8) is 0 Å². The lowest BCUT2D eigenvalue weighted by molar-refractivity contribution is -0.131. The second-order valence-corrected chi connectivity index (χ2v) is 8.58. The lowest BCUT2D eigenvalue weighted by Crippen LogP contribution is -2.42. The highest BCUT2D eigenvalue weighted by atomic mass is 16.5. The van der Waals surface area contributed by atoms with Crippen LogP contribution in [0.2, 0.25) is 0 Å². The van der Waals surface area contributed by atoms with Gasteiger partial charge in [0, 0.05) is 43.9 Å². The number of carbonyl (C=O) groups is 2.